The van der Waals surface area contributed by atoms with Crippen LogP contribution >= 0.6 is 0 Å². The standard InChI is InChI=1S/C18H11FN2O5/c1-24-9-4-5-10(12(19)7-9)13-8-11(18(22)23)15-16(14-3-2-6-25-14)21-26-17(15)20-13/h2-8H,1H3,(H,22,23)/p-1. The summed E-state index contributed by atoms with van der Waals surface area (Å²) < 4.78 is 29.7. The fraction of sp³-hybridized carbons (Fsp3) is 0.0556. The Balaban J connectivity index is 1.95. The lowest BCUT2D eigenvalue weighted by atomic mass is 10.0. The summed E-state index contributed by atoms with van der Waals surface area (Å²) in [5.41, 5.74) is 0.0415. The second-order valence-corrected chi connectivity index (χ2v) is 5.38. The minimum absolute atomic E-state index is 0.0664. The molecule has 1 aromatic carbocycles. The van der Waals surface area contributed by atoms with Crippen LogP contribution in [0.4, 0.5) is 4.39 Å². The molecule has 0 saturated heterocycles. The number of pyridine rings is 1. The average Bonchev–Trinajstić information content (AvgIpc) is 3.29. The summed E-state index contributed by atoms with van der Waals surface area (Å²) in [6.45, 7) is 0. The number of halogens is 1. The van der Waals surface area contributed by atoms with Crippen LogP contribution in [0.25, 0.3) is 33.8 Å². The number of hydrogen-bond donors (Lipinski definition) is 0. The van der Waals surface area contributed by atoms with Gasteiger partial charge in [-0.05, 0) is 30.3 Å². The molecule has 0 spiro atoms. The van der Waals surface area contributed by atoms with Gasteiger partial charge in [-0.15, -0.1) is 0 Å². The molecular formula is C18H10FN2O5-. The highest BCUT2D eigenvalue weighted by Crippen LogP contribution is 2.33. The zero-order valence-electron chi connectivity index (χ0n) is 13.4. The molecule has 0 amide bonds. The van der Waals surface area contributed by atoms with Crippen LogP contribution in [-0.4, -0.2) is 23.2 Å². The Morgan fingerprint density at radius 1 is 1.27 bits per heavy atom. The SMILES string of the molecule is COc1ccc(-c2cc(C(=O)[O-])c3c(-c4ccco4)noc3n2)c(F)c1. The third-order valence-electron chi connectivity index (χ3n) is 3.87. The predicted molar refractivity (Wildman–Crippen MR) is 85.8 cm³/mol. The number of ether oxygens (including phenoxy) is 1. The lowest BCUT2D eigenvalue weighted by molar-refractivity contribution is -0.254. The smallest absolute Gasteiger partial charge is 0.259 e. The first-order valence-corrected chi connectivity index (χ1v) is 7.48. The number of carbonyl (C=O) groups is 1. The van der Waals surface area contributed by atoms with Crippen LogP contribution in [0.2, 0.25) is 0 Å². The Kier molecular flexibility index (Phi) is 3.65. The largest absolute Gasteiger partial charge is 0.545 e. The van der Waals surface area contributed by atoms with E-state index in [0.29, 0.717) is 11.5 Å². The van der Waals surface area contributed by atoms with E-state index in [0.717, 1.165) is 0 Å². The lowest BCUT2D eigenvalue weighted by Gasteiger charge is -2.09. The molecule has 0 fully saturated rings. The number of rotatable bonds is 4. The average molecular weight is 353 g/mol. The maximum absolute atomic E-state index is 14.3. The zero-order chi connectivity index (χ0) is 18.3. The summed E-state index contributed by atoms with van der Waals surface area (Å²) in [6, 6.07) is 8.60. The van der Waals surface area contributed by atoms with E-state index in [1.165, 1.54) is 37.6 Å². The molecule has 0 aliphatic carbocycles. The second kappa shape index (κ2) is 5.99. The molecule has 3 heterocycles. The van der Waals surface area contributed by atoms with E-state index in [-0.39, 0.29) is 33.6 Å². The summed E-state index contributed by atoms with van der Waals surface area (Å²) >= 11 is 0. The van der Waals surface area contributed by atoms with E-state index < -0.39 is 11.8 Å². The normalized spacial score (nSPS) is 11.0. The molecule has 26 heavy (non-hydrogen) atoms. The molecule has 8 heteroatoms. The van der Waals surface area contributed by atoms with Gasteiger partial charge in [0, 0.05) is 17.2 Å². The monoisotopic (exact) mass is 353 g/mol. The van der Waals surface area contributed by atoms with Crippen LogP contribution < -0.4 is 9.84 Å². The fourth-order valence-electron chi connectivity index (χ4n) is 2.66. The van der Waals surface area contributed by atoms with Gasteiger partial charge in [-0.3, -0.25) is 0 Å². The van der Waals surface area contributed by atoms with Crippen LogP contribution in [0.1, 0.15) is 10.4 Å². The van der Waals surface area contributed by atoms with Gasteiger partial charge in [0.1, 0.15) is 11.6 Å². The van der Waals surface area contributed by atoms with E-state index in [1.807, 2.05) is 0 Å². The highest BCUT2D eigenvalue weighted by Gasteiger charge is 2.21. The van der Waals surface area contributed by atoms with Crippen molar-refractivity contribution >= 4 is 17.1 Å². The van der Waals surface area contributed by atoms with E-state index >= 15 is 0 Å². The first-order chi connectivity index (χ1) is 12.6. The second-order valence-electron chi connectivity index (χ2n) is 5.38. The van der Waals surface area contributed by atoms with Gasteiger partial charge in [0.25, 0.3) is 5.71 Å². The molecule has 0 aliphatic rings. The van der Waals surface area contributed by atoms with Gasteiger partial charge in [-0.2, -0.15) is 0 Å². The van der Waals surface area contributed by atoms with Gasteiger partial charge in [0.15, 0.2) is 11.5 Å². The third kappa shape index (κ3) is 2.48. The summed E-state index contributed by atoms with van der Waals surface area (Å²) in [5.74, 6) is -1.45. The molecule has 0 radical (unpaired) electrons. The molecule has 3 aromatic heterocycles. The Morgan fingerprint density at radius 2 is 2.12 bits per heavy atom. The zero-order valence-corrected chi connectivity index (χ0v) is 13.4. The number of carboxylic acids is 1. The number of aromatic nitrogens is 2. The maximum Gasteiger partial charge on any atom is 0.259 e. The molecule has 4 aromatic rings. The van der Waals surface area contributed by atoms with Gasteiger partial charge in [0.2, 0.25) is 0 Å². The van der Waals surface area contributed by atoms with Gasteiger partial charge < -0.3 is 23.6 Å². The van der Waals surface area contributed by atoms with Crippen LogP contribution in [-0.2, 0) is 0 Å². The maximum atomic E-state index is 14.3. The number of aromatic carboxylic acids is 1. The molecule has 0 bridgehead atoms. The molecule has 7 nitrogen and oxygen atoms in total. The van der Waals surface area contributed by atoms with E-state index in [1.54, 1.807) is 12.1 Å². The lowest BCUT2D eigenvalue weighted by Crippen LogP contribution is -2.22. The number of hydrogen-bond acceptors (Lipinski definition) is 7. The molecule has 0 aliphatic heterocycles. The highest BCUT2D eigenvalue weighted by atomic mass is 19.1. The van der Waals surface area contributed by atoms with Gasteiger partial charge in [0.05, 0.1) is 30.4 Å². The first-order valence-electron chi connectivity index (χ1n) is 7.48. The Hall–Kier alpha value is -3.68. The van der Waals surface area contributed by atoms with Gasteiger partial charge in [-0.25, -0.2) is 9.37 Å². The topological polar surface area (TPSA) is 101 Å². The molecule has 130 valence electrons. The van der Waals surface area contributed by atoms with Gasteiger partial charge in [-0.1, -0.05) is 5.16 Å². The van der Waals surface area contributed by atoms with Crippen molar-refractivity contribution in [1.29, 1.82) is 0 Å². The number of nitrogens with zero attached hydrogens (tertiary/aromatic N) is 2. The third-order valence-corrected chi connectivity index (χ3v) is 3.87. The first kappa shape index (κ1) is 15.8. The highest BCUT2D eigenvalue weighted by molar-refractivity contribution is 6.06. The van der Waals surface area contributed by atoms with Crippen molar-refractivity contribution in [3.8, 4) is 28.5 Å². The fourth-order valence-corrected chi connectivity index (χ4v) is 2.66. The number of furan rings is 1. The Bertz CT molecular complexity index is 1120. The van der Waals surface area contributed by atoms with Crippen LogP contribution in [0, 0.1) is 5.82 Å². The van der Waals surface area contributed by atoms with Crippen molar-refractivity contribution < 1.29 is 28.0 Å². The Labute approximate surface area is 145 Å². The van der Waals surface area contributed by atoms with Crippen molar-refractivity contribution in [2.45, 2.75) is 0 Å². The predicted octanol–water partition coefficient (Wildman–Crippen LogP) is 2.66. The number of carboxylic acid groups (broad SMARTS) is 1. The van der Waals surface area contributed by atoms with Crippen molar-refractivity contribution in [1.82, 2.24) is 10.1 Å². The quantitative estimate of drug-likeness (QED) is 0.556. The molecular weight excluding hydrogens is 343 g/mol. The van der Waals surface area contributed by atoms with Crippen LogP contribution in [0.5, 0.6) is 5.75 Å². The minimum Gasteiger partial charge on any atom is -0.545 e. The molecule has 0 unspecified atom stereocenters. The number of methoxy groups -OCH3 is 1. The van der Waals surface area contributed by atoms with E-state index in [9.17, 15) is 14.3 Å². The van der Waals surface area contributed by atoms with Crippen molar-refractivity contribution in [3.63, 3.8) is 0 Å². The van der Waals surface area contributed by atoms with Crippen LogP contribution in [0.3, 0.4) is 0 Å². The van der Waals surface area contributed by atoms with Crippen molar-refractivity contribution in [2.75, 3.05) is 7.11 Å². The summed E-state index contributed by atoms with van der Waals surface area (Å²) in [6.07, 6.45) is 1.42. The van der Waals surface area contributed by atoms with Crippen molar-refractivity contribution in [2.24, 2.45) is 0 Å². The van der Waals surface area contributed by atoms with Gasteiger partial charge >= 0.3 is 0 Å². The van der Waals surface area contributed by atoms with E-state index in [2.05, 4.69) is 10.1 Å². The summed E-state index contributed by atoms with van der Waals surface area (Å²) in [4.78, 5) is 15.8. The minimum atomic E-state index is -1.47. The Morgan fingerprint density at radius 3 is 2.77 bits per heavy atom. The summed E-state index contributed by atoms with van der Waals surface area (Å²) in [7, 11) is 1.41. The van der Waals surface area contributed by atoms with Crippen LogP contribution in [0.15, 0.2) is 51.6 Å². The number of benzene rings is 1. The molecule has 4 rings (SSSR count). The molecule has 0 N–H and O–H groups in total. The van der Waals surface area contributed by atoms with Crippen molar-refractivity contribution in [3.05, 3.63) is 54.0 Å². The number of carbonyl (C=O) groups excluding carboxylic acids is 1. The summed E-state index contributed by atoms with van der Waals surface area (Å²) in [5, 5.41) is 15.6. The number of fused-ring (bicyclic) bond motifs is 1. The van der Waals surface area contributed by atoms with E-state index in [4.69, 9.17) is 13.7 Å². The molecule has 0 saturated carbocycles. The molecule has 0 atom stereocenters.